The van der Waals surface area contributed by atoms with Crippen LogP contribution < -0.4 is 10.5 Å². The number of hydrogen-bond acceptors (Lipinski definition) is 3. The number of amides is 1. The van der Waals surface area contributed by atoms with E-state index in [0.29, 0.717) is 13.1 Å². The first-order valence-corrected chi connectivity index (χ1v) is 6.65. The van der Waals surface area contributed by atoms with Crippen LogP contribution in [-0.2, 0) is 4.79 Å². The Bertz CT molecular complexity index is 484. The fourth-order valence-electron chi connectivity index (χ4n) is 1.64. The van der Waals surface area contributed by atoms with Crippen LogP contribution in [-0.4, -0.2) is 37.6 Å². The molecule has 1 rings (SSSR count). The second kappa shape index (κ2) is 8.41. The lowest BCUT2D eigenvalue weighted by molar-refractivity contribution is -0.133. The Hall–Kier alpha value is -1.04. The number of halogens is 3. The molecule has 0 aliphatic heterocycles. The molecule has 0 bridgehead atoms. The Morgan fingerprint density at radius 3 is 2.62 bits per heavy atom. The molecule has 4 nitrogen and oxygen atoms in total. The van der Waals surface area contributed by atoms with Crippen molar-refractivity contribution in [2.75, 3.05) is 26.7 Å². The molecule has 21 heavy (non-hydrogen) atoms. The van der Waals surface area contributed by atoms with E-state index in [1.807, 2.05) is 13.8 Å². The quantitative estimate of drug-likeness (QED) is 0.867. The normalized spacial score (nSPS) is 10.8. The third kappa shape index (κ3) is 6.50. The molecular formula is C14H21Cl2FN2O2. The zero-order chi connectivity index (χ0) is 15.3. The summed E-state index contributed by atoms with van der Waals surface area (Å²) in [6, 6.07) is 3.77. The number of ether oxygens (including phenoxy) is 1. The van der Waals surface area contributed by atoms with Crippen LogP contribution in [0.25, 0.3) is 0 Å². The number of nitrogens with two attached hydrogens (primary N) is 1. The van der Waals surface area contributed by atoms with E-state index in [1.54, 1.807) is 11.9 Å². The van der Waals surface area contributed by atoms with Crippen molar-refractivity contribution in [1.29, 1.82) is 0 Å². The molecule has 0 fully saturated rings. The minimum atomic E-state index is -0.449. The fourth-order valence-corrected chi connectivity index (χ4v) is 1.86. The average molecular weight is 339 g/mol. The zero-order valence-corrected chi connectivity index (χ0v) is 13.9. The largest absolute Gasteiger partial charge is 0.482 e. The molecule has 0 spiro atoms. The van der Waals surface area contributed by atoms with Gasteiger partial charge in [-0.2, -0.15) is 0 Å². The molecule has 7 heteroatoms. The molecule has 1 aromatic rings. The summed E-state index contributed by atoms with van der Waals surface area (Å²) in [7, 11) is 1.69. The minimum Gasteiger partial charge on any atom is -0.482 e. The molecule has 0 aliphatic carbocycles. The second-order valence-corrected chi connectivity index (χ2v) is 5.89. The van der Waals surface area contributed by atoms with Crippen LogP contribution in [0, 0.1) is 11.2 Å². The van der Waals surface area contributed by atoms with E-state index in [1.165, 1.54) is 12.1 Å². The summed E-state index contributed by atoms with van der Waals surface area (Å²) in [5, 5.41) is 0.141. The number of carbonyl (C=O) groups is 1. The molecule has 0 aliphatic rings. The van der Waals surface area contributed by atoms with E-state index in [0.717, 1.165) is 6.07 Å². The van der Waals surface area contributed by atoms with Crippen molar-refractivity contribution in [3.05, 3.63) is 29.0 Å². The van der Waals surface area contributed by atoms with E-state index in [4.69, 9.17) is 22.1 Å². The molecule has 120 valence electrons. The Labute approximate surface area is 135 Å². The van der Waals surface area contributed by atoms with Gasteiger partial charge in [0.05, 0.1) is 5.02 Å². The van der Waals surface area contributed by atoms with Gasteiger partial charge in [-0.3, -0.25) is 4.79 Å². The monoisotopic (exact) mass is 338 g/mol. The smallest absolute Gasteiger partial charge is 0.260 e. The van der Waals surface area contributed by atoms with E-state index in [-0.39, 0.29) is 41.1 Å². The molecule has 1 aromatic carbocycles. The summed E-state index contributed by atoms with van der Waals surface area (Å²) in [6.45, 7) is 4.82. The van der Waals surface area contributed by atoms with E-state index in [2.05, 4.69) is 0 Å². The number of hydrogen-bond donors (Lipinski definition) is 1. The summed E-state index contributed by atoms with van der Waals surface area (Å²) in [5.74, 6) is -0.352. The molecule has 0 aromatic heterocycles. The van der Waals surface area contributed by atoms with Crippen LogP contribution in [0.4, 0.5) is 4.39 Å². The summed E-state index contributed by atoms with van der Waals surface area (Å²) in [4.78, 5) is 13.5. The lowest BCUT2D eigenvalue weighted by atomic mass is 9.93. The highest BCUT2D eigenvalue weighted by molar-refractivity contribution is 6.32. The summed E-state index contributed by atoms with van der Waals surface area (Å²) < 4.78 is 18.2. The first kappa shape index (κ1) is 20.0. The van der Waals surface area contributed by atoms with Gasteiger partial charge in [0.1, 0.15) is 11.6 Å². The van der Waals surface area contributed by atoms with Gasteiger partial charge >= 0.3 is 0 Å². The molecule has 2 N–H and O–H groups in total. The topological polar surface area (TPSA) is 55.6 Å². The van der Waals surface area contributed by atoms with Gasteiger partial charge < -0.3 is 15.4 Å². The molecule has 1 amide bonds. The average Bonchev–Trinajstić information content (AvgIpc) is 2.36. The maximum Gasteiger partial charge on any atom is 0.260 e. The van der Waals surface area contributed by atoms with Crippen molar-refractivity contribution >= 4 is 29.9 Å². The van der Waals surface area contributed by atoms with Crippen LogP contribution >= 0.6 is 24.0 Å². The highest BCUT2D eigenvalue weighted by Crippen LogP contribution is 2.24. The maximum atomic E-state index is 12.9. The SMILES string of the molecule is CN(CC(C)(C)CN)C(=O)COc1ccc(F)cc1Cl.Cl. The van der Waals surface area contributed by atoms with E-state index in [9.17, 15) is 9.18 Å². The molecule has 0 saturated carbocycles. The highest BCUT2D eigenvalue weighted by Gasteiger charge is 2.21. The number of rotatable bonds is 6. The van der Waals surface area contributed by atoms with Crippen molar-refractivity contribution in [3.8, 4) is 5.75 Å². The predicted molar refractivity (Wildman–Crippen MR) is 84.6 cm³/mol. The van der Waals surface area contributed by atoms with Gasteiger partial charge in [-0.15, -0.1) is 12.4 Å². The Balaban J connectivity index is 0.00000400. The molecule has 0 radical (unpaired) electrons. The first-order chi connectivity index (χ1) is 9.25. The van der Waals surface area contributed by atoms with Gasteiger partial charge in [-0.1, -0.05) is 25.4 Å². The highest BCUT2D eigenvalue weighted by atomic mass is 35.5. The van der Waals surface area contributed by atoms with Crippen LogP contribution in [0.1, 0.15) is 13.8 Å². The van der Waals surface area contributed by atoms with Crippen LogP contribution in [0.5, 0.6) is 5.75 Å². The third-order valence-electron chi connectivity index (χ3n) is 2.89. The van der Waals surface area contributed by atoms with Crippen LogP contribution in [0.15, 0.2) is 18.2 Å². The predicted octanol–water partition coefficient (Wildman–Crippen LogP) is 2.72. The second-order valence-electron chi connectivity index (χ2n) is 5.48. The molecule has 0 saturated heterocycles. The number of benzene rings is 1. The standard InChI is InChI=1S/C14H20ClFN2O2.ClH/c1-14(2,8-17)9-18(3)13(19)7-20-12-5-4-10(16)6-11(12)15;/h4-6H,7-9,17H2,1-3H3;1H. The van der Waals surface area contributed by atoms with Gasteiger partial charge in [-0.25, -0.2) is 4.39 Å². The van der Waals surface area contributed by atoms with Gasteiger partial charge in [0.2, 0.25) is 0 Å². The zero-order valence-electron chi connectivity index (χ0n) is 12.4. The van der Waals surface area contributed by atoms with Crippen molar-refractivity contribution in [1.82, 2.24) is 4.90 Å². The van der Waals surface area contributed by atoms with Crippen molar-refractivity contribution < 1.29 is 13.9 Å². The lowest BCUT2D eigenvalue weighted by Gasteiger charge is -2.29. The minimum absolute atomic E-state index is 0. The van der Waals surface area contributed by atoms with E-state index >= 15 is 0 Å². The third-order valence-corrected chi connectivity index (χ3v) is 3.18. The number of nitrogens with zero attached hydrogens (tertiary/aromatic N) is 1. The van der Waals surface area contributed by atoms with Gasteiger partial charge in [-0.05, 0) is 30.2 Å². The van der Waals surface area contributed by atoms with Gasteiger partial charge in [0.25, 0.3) is 5.91 Å². The number of carbonyl (C=O) groups excluding carboxylic acids is 1. The Morgan fingerprint density at radius 1 is 1.48 bits per heavy atom. The maximum absolute atomic E-state index is 12.9. The van der Waals surface area contributed by atoms with Gasteiger partial charge in [0.15, 0.2) is 6.61 Å². The summed E-state index contributed by atoms with van der Waals surface area (Å²) in [5.41, 5.74) is 5.48. The fraction of sp³-hybridized carbons (Fsp3) is 0.500. The van der Waals surface area contributed by atoms with Crippen molar-refractivity contribution in [2.45, 2.75) is 13.8 Å². The number of likely N-dealkylation sites (N-methyl/N-ethyl adjacent to an activating group) is 1. The Kier molecular flexibility index (Phi) is 8.00. The van der Waals surface area contributed by atoms with Crippen LogP contribution in [0.2, 0.25) is 5.02 Å². The molecular weight excluding hydrogens is 318 g/mol. The van der Waals surface area contributed by atoms with Crippen molar-refractivity contribution in [2.24, 2.45) is 11.1 Å². The van der Waals surface area contributed by atoms with Crippen LogP contribution in [0.3, 0.4) is 0 Å². The molecule has 0 unspecified atom stereocenters. The first-order valence-electron chi connectivity index (χ1n) is 6.27. The molecule has 0 heterocycles. The van der Waals surface area contributed by atoms with Gasteiger partial charge in [0, 0.05) is 13.6 Å². The lowest BCUT2D eigenvalue weighted by Crippen LogP contribution is -2.41. The molecule has 0 atom stereocenters. The van der Waals surface area contributed by atoms with E-state index < -0.39 is 5.82 Å². The summed E-state index contributed by atoms with van der Waals surface area (Å²) >= 11 is 5.82. The van der Waals surface area contributed by atoms with Crippen molar-refractivity contribution in [3.63, 3.8) is 0 Å². The summed E-state index contributed by atoms with van der Waals surface area (Å²) in [6.07, 6.45) is 0. The Morgan fingerprint density at radius 2 is 2.10 bits per heavy atom.